The zero-order valence-electron chi connectivity index (χ0n) is 9.60. The van der Waals surface area contributed by atoms with Crippen molar-refractivity contribution in [3.8, 4) is 0 Å². The molecule has 0 nitrogen and oxygen atoms in total. The van der Waals surface area contributed by atoms with Crippen molar-refractivity contribution in [2.45, 2.75) is 65.7 Å². The fourth-order valence-electron chi connectivity index (χ4n) is 2.66. The van der Waals surface area contributed by atoms with Gasteiger partial charge in [-0.05, 0) is 30.6 Å². The van der Waals surface area contributed by atoms with Crippen LogP contribution >= 0.6 is 0 Å². The largest absolute Gasteiger partial charge is 0.0628 e. The molecule has 0 heteroatoms. The summed E-state index contributed by atoms with van der Waals surface area (Å²) < 4.78 is 0. The van der Waals surface area contributed by atoms with Crippen LogP contribution < -0.4 is 0 Å². The van der Waals surface area contributed by atoms with Gasteiger partial charge in [0, 0.05) is 0 Å². The summed E-state index contributed by atoms with van der Waals surface area (Å²) >= 11 is 0. The van der Waals surface area contributed by atoms with Crippen molar-refractivity contribution >= 4 is 0 Å². The van der Waals surface area contributed by atoms with Crippen LogP contribution in [0, 0.1) is 17.8 Å². The van der Waals surface area contributed by atoms with E-state index in [0.29, 0.717) is 0 Å². The molecule has 0 bridgehead atoms. The maximum absolute atomic E-state index is 2.36. The van der Waals surface area contributed by atoms with Crippen molar-refractivity contribution in [2.75, 3.05) is 0 Å². The summed E-state index contributed by atoms with van der Waals surface area (Å²) in [4.78, 5) is 0. The molecule has 1 rings (SSSR count). The lowest BCUT2D eigenvalue weighted by molar-refractivity contribution is 0.336. The van der Waals surface area contributed by atoms with Gasteiger partial charge in [-0.2, -0.15) is 0 Å². The molecule has 0 aromatic heterocycles. The summed E-state index contributed by atoms with van der Waals surface area (Å²) in [6.07, 6.45) is 10.2. The van der Waals surface area contributed by atoms with E-state index in [0.717, 1.165) is 11.8 Å². The molecule has 1 aliphatic rings. The first-order valence-corrected chi connectivity index (χ1v) is 5.99. The van der Waals surface area contributed by atoms with E-state index < -0.39 is 0 Å². The second kappa shape index (κ2) is 5.67. The minimum atomic E-state index is 0.851. The predicted molar refractivity (Wildman–Crippen MR) is 59.6 cm³/mol. The van der Waals surface area contributed by atoms with E-state index in [1.54, 1.807) is 5.92 Å². The lowest BCUT2D eigenvalue weighted by Gasteiger charge is -2.25. The van der Waals surface area contributed by atoms with Crippen LogP contribution in [0.25, 0.3) is 0 Å². The van der Waals surface area contributed by atoms with Crippen molar-refractivity contribution in [1.29, 1.82) is 0 Å². The standard InChI is InChI=1S/C13H25/c1-11(2)9-12(3)10-13-7-5-4-6-8-13/h11,13H,4-10H2,1-3H3. The average Bonchev–Trinajstić information content (AvgIpc) is 2.04. The molecule has 1 fully saturated rings. The summed E-state index contributed by atoms with van der Waals surface area (Å²) in [5.74, 6) is 3.62. The quantitative estimate of drug-likeness (QED) is 0.594. The molecule has 0 spiro atoms. The van der Waals surface area contributed by atoms with Crippen molar-refractivity contribution in [3.63, 3.8) is 0 Å². The highest BCUT2D eigenvalue weighted by atomic mass is 14.2. The topological polar surface area (TPSA) is 0 Å². The fraction of sp³-hybridized carbons (Fsp3) is 0.923. The molecule has 1 saturated carbocycles. The molecule has 0 aliphatic heterocycles. The van der Waals surface area contributed by atoms with Crippen LogP contribution in [-0.2, 0) is 0 Å². The molecule has 1 aliphatic carbocycles. The van der Waals surface area contributed by atoms with Gasteiger partial charge < -0.3 is 0 Å². The summed E-state index contributed by atoms with van der Waals surface area (Å²) in [6, 6.07) is 0. The summed E-state index contributed by atoms with van der Waals surface area (Å²) in [5, 5.41) is 0. The Morgan fingerprint density at radius 1 is 1.15 bits per heavy atom. The molecule has 0 aromatic rings. The molecule has 0 heterocycles. The van der Waals surface area contributed by atoms with Crippen LogP contribution in [0.4, 0.5) is 0 Å². The van der Waals surface area contributed by atoms with Gasteiger partial charge >= 0.3 is 0 Å². The molecule has 0 N–H and O–H groups in total. The van der Waals surface area contributed by atoms with Gasteiger partial charge in [-0.3, -0.25) is 0 Å². The van der Waals surface area contributed by atoms with Crippen LogP contribution in [0.5, 0.6) is 0 Å². The van der Waals surface area contributed by atoms with E-state index in [1.807, 2.05) is 0 Å². The normalized spacial score (nSPS) is 20.1. The van der Waals surface area contributed by atoms with Gasteiger partial charge in [0.2, 0.25) is 0 Å². The third-order valence-corrected chi connectivity index (χ3v) is 3.12. The minimum absolute atomic E-state index is 0.851. The van der Waals surface area contributed by atoms with Crippen molar-refractivity contribution in [1.82, 2.24) is 0 Å². The van der Waals surface area contributed by atoms with Crippen LogP contribution in [0.15, 0.2) is 0 Å². The SMILES string of the molecule is C[C](CC(C)C)CC1CCCCC1. The van der Waals surface area contributed by atoms with E-state index in [4.69, 9.17) is 0 Å². The molecule has 13 heavy (non-hydrogen) atoms. The van der Waals surface area contributed by atoms with Crippen molar-refractivity contribution < 1.29 is 0 Å². The maximum atomic E-state index is 2.36. The second-order valence-corrected chi connectivity index (χ2v) is 5.26. The molecule has 77 valence electrons. The second-order valence-electron chi connectivity index (χ2n) is 5.26. The Hall–Kier alpha value is 0. The van der Waals surface area contributed by atoms with Gasteiger partial charge in [-0.15, -0.1) is 0 Å². The van der Waals surface area contributed by atoms with Gasteiger partial charge in [-0.1, -0.05) is 52.9 Å². The predicted octanol–water partition coefficient (Wildman–Crippen LogP) is 4.60. The first-order valence-electron chi connectivity index (χ1n) is 5.99. The Morgan fingerprint density at radius 2 is 1.77 bits per heavy atom. The third kappa shape index (κ3) is 4.69. The molecule has 0 atom stereocenters. The van der Waals surface area contributed by atoms with E-state index in [2.05, 4.69) is 20.8 Å². The van der Waals surface area contributed by atoms with Crippen molar-refractivity contribution in [3.05, 3.63) is 5.92 Å². The average molecular weight is 181 g/mol. The summed E-state index contributed by atoms with van der Waals surface area (Å²) in [7, 11) is 0. The Balaban J connectivity index is 2.14. The molecule has 1 radical (unpaired) electrons. The number of rotatable bonds is 4. The van der Waals surface area contributed by atoms with Gasteiger partial charge in [0.1, 0.15) is 0 Å². The highest BCUT2D eigenvalue weighted by Gasteiger charge is 2.16. The first kappa shape index (κ1) is 11.1. The van der Waals surface area contributed by atoms with Gasteiger partial charge in [-0.25, -0.2) is 0 Å². The highest BCUT2D eigenvalue weighted by Crippen LogP contribution is 2.31. The number of hydrogen-bond acceptors (Lipinski definition) is 0. The van der Waals surface area contributed by atoms with Gasteiger partial charge in [0.15, 0.2) is 0 Å². The zero-order chi connectivity index (χ0) is 9.68. The lowest BCUT2D eigenvalue weighted by atomic mass is 9.81. The molecule has 0 unspecified atom stereocenters. The summed E-state index contributed by atoms with van der Waals surface area (Å²) in [6.45, 7) is 7.00. The molecule has 0 amide bonds. The number of hydrogen-bond donors (Lipinski definition) is 0. The Morgan fingerprint density at radius 3 is 2.31 bits per heavy atom. The monoisotopic (exact) mass is 181 g/mol. The first-order chi connectivity index (χ1) is 6.18. The Kier molecular flexibility index (Phi) is 4.83. The third-order valence-electron chi connectivity index (χ3n) is 3.12. The van der Waals surface area contributed by atoms with E-state index in [1.165, 1.54) is 44.9 Å². The Labute approximate surface area is 84.1 Å². The molecular weight excluding hydrogens is 156 g/mol. The van der Waals surface area contributed by atoms with E-state index >= 15 is 0 Å². The maximum Gasteiger partial charge on any atom is -0.0267 e. The zero-order valence-corrected chi connectivity index (χ0v) is 9.60. The molecule has 0 saturated heterocycles. The lowest BCUT2D eigenvalue weighted by Crippen LogP contribution is -2.10. The van der Waals surface area contributed by atoms with E-state index in [-0.39, 0.29) is 0 Å². The van der Waals surface area contributed by atoms with Crippen molar-refractivity contribution in [2.24, 2.45) is 11.8 Å². The van der Waals surface area contributed by atoms with Crippen LogP contribution in [0.1, 0.15) is 65.7 Å². The van der Waals surface area contributed by atoms with Crippen LogP contribution in [0.2, 0.25) is 0 Å². The molecule has 0 aromatic carbocycles. The smallest absolute Gasteiger partial charge is 0.0267 e. The Bertz CT molecular complexity index is 120. The fourth-order valence-corrected chi connectivity index (χ4v) is 2.66. The highest BCUT2D eigenvalue weighted by molar-refractivity contribution is 4.88. The van der Waals surface area contributed by atoms with Gasteiger partial charge in [0.25, 0.3) is 0 Å². The van der Waals surface area contributed by atoms with Crippen LogP contribution in [-0.4, -0.2) is 0 Å². The van der Waals surface area contributed by atoms with Crippen LogP contribution in [0.3, 0.4) is 0 Å². The molecular formula is C13H25. The van der Waals surface area contributed by atoms with Gasteiger partial charge in [0.05, 0.1) is 0 Å². The van der Waals surface area contributed by atoms with E-state index in [9.17, 15) is 0 Å². The minimum Gasteiger partial charge on any atom is -0.0628 e. The summed E-state index contributed by atoms with van der Waals surface area (Å²) in [5.41, 5.74) is 0.